The van der Waals surface area contributed by atoms with Gasteiger partial charge in [0.1, 0.15) is 19.0 Å². The number of imidazole rings is 1. The second-order valence-corrected chi connectivity index (χ2v) is 8.40. The smallest absolute Gasteiger partial charge is 0.251 e. The highest BCUT2D eigenvalue weighted by atomic mass is 16.6. The predicted molar refractivity (Wildman–Crippen MR) is 117 cm³/mol. The number of benzene rings is 2. The van der Waals surface area contributed by atoms with Crippen LogP contribution in [0.25, 0.3) is 11.0 Å². The normalized spacial score (nSPS) is 20.6. The summed E-state index contributed by atoms with van der Waals surface area (Å²) >= 11 is 0. The number of hydrogen-bond acceptors (Lipinski definition) is 5. The molecule has 0 saturated heterocycles. The lowest BCUT2D eigenvalue weighted by Crippen LogP contribution is -2.38. The standard InChI is InChI=1S/C24H27N3O4/c1-27-20-7-5-15(14-28)11-19(20)26-23(27)16-3-2-4-18(12-16)25-24(29)17-6-8-21-22(13-17)31-10-9-30-21/h5-8,11,13,16,18,28H,2-4,9-10,12,14H2,1H3,(H,25,29). The van der Waals surface area contributed by atoms with E-state index in [2.05, 4.69) is 9.88 Å². The predicted octanol–water partition coefficient (Wildman–Crippen LogP) is 3.29. The Morgan fingerprint density at radius 3 is 2.84 bits per heavy atom. The molecule has 1 saturated carbocycles. The topological polar surface area (TPSA) is 85.6 Å². The van der Waals surface area contributed by atoms with Gasteiger partial charge in [0.05, 0.1) is 17.6 Å². The van der Waals surface area contributed by atoms with Gasteiger partial charge in [-0.3, -0.25) is 4.79 Å². The van der Waals surface area contributed by atoms with Crippen LogP contribution < -0.4 is 14.8 Å². The van der Waals surface area contributed by atoms with Gasteiger partial charge in [0.25, 0.3) is 5.91 Å². The first-order chi connectivity index (χ1) is 15.1. The van der Waals surface area contributed by atoms with Gasteiger partial charge in [0, 0.05) is 24.6 Å². The first-order valence-electron chi connectivity index (χ1n) is 10.9. The van der Waals surface area contributed by atoms with Gasteiger partial charge in [-0.15, -0.1) is 0 Å². The number of nitrogens with zero attached hydrogens (tertiary/aromatic N) is 2. The van der Waals surface area contributed by atoms with E-state index in [0.717, 1.165) is 48.1 Å². The van der Waals surface area contributed by atoms with E-state index in [1.165, 1.54) is 0 Å². The van der Waals surface area contributed by atoms with Gasteiger partial charge in [-0.2, -0.15) is 0 Å². The Balaban J connectivity index is 1.31. The molecule has 2 unspecified atom stereocenters. The minimum absolute atomic E-state index is 0.0131. The van der Waals surface area contributed by atoms with E-state index in [1.54, 1.807) is 18.2 Å². The third kappa shape index (κ3) is 3.85. The lowest BCUT2D eigenvalue weighted by atomic mass is 9.85. The molecular weight excluding hydrogens is 394 g/mol. The van der Waals surface area contributed by atoms with E-state index in [0.29, 0.717) is 30.3 Å². The van der Waals surface area contributed by atoms with E-state index < -0.39 is 0 Å². The van der Waals surface area contributed by atoms with E-state index in [1.807, 2.05) is 25.2 Å². The Morgan fingerprint density at radius 1 is 1.16 bits per heavy atom. The number of carbonyl (C=O) groups excluding carboxylic acids is 1. The zero-order valence-electron chi connectivity index (χ0n) is 17.6. The monoisotopic (exact) mass is 421 g/mol. The van der Waals surface area contributed by atoms with Crippen LogP contribution >= 0.6 is 0 Å². The minimum Gasteiger partial charge on any atom is -0.486 e. The number of aromatic nitrogens is 2. The van der Waals surface area contributed by atoms with Crippen LogP contribution in [0.4, 0.5) is 0 Å². The van der Waals surface area contributed by atoms with Crippen LogP contribution in [0.2, 0.25) is 0 Å². The van der Waals surface area contributed by atoms with Crippen molar-refractivity contribution in [2.24, 2.45) is 7.05 Å². The van der Waals surface area contributed by atoms with E-state index >= 15 is 0 Å². The average molecular weight is 421 g/mol. The molecule has 7 nitrogen and oxygen atoms in total. The molecule has 1 aromatic heterocycles. The fourth-order valence-electron chi connectivity index (χ4n) is 4.74. The SMILES string of the molecule is Cn1c(C2CCCC(NC(=O)c3ccc4c(c3)OCCO4)C2)nc2cc(CO)ccc21. The lowest BCUT2D eigenvalue weighted by Gasteiger charge is -2.29. The van der Waals surface area contributed by atoms with E-state index in [9.17, 15) is 9.90 Å². The number of carbonyl (C=O) groups is 1. The molecule has 1 aliphatic heterocycles. The Kier molecular flexibility index (Phi) is 5.28. The summed E-state index contributed by atoms with van der Waals surface area (Å²) in [6, 6.07) is 11.3. The van der Waals surface area contributed by atoms with Gasteiger partial charge in [0.15, 0.2) is 11.5 Å². The molecule has 31 heavy (non-hydrogen) atoms. The number of hydrogen-bond donors (Lipinski definition) is 2. The Bertz CT molecular complexity index is 1120. The third-order valence-electron chi connectivity index (χ3n) is 6.34. The summed E-state index contributed by atoms with van der Waals surface area (Å²) in [7, 11) is 2.04. The number of aliphatic hydroxyl groups is 1. The van der Waals surface area contributed by atoms with Gasteiger partial charge in [-0.1, -0.05) is 12.5 Å². The van der Waals surface area contributed by atoms with Crippen molar-refractivity contribution < 1.29 is 19.4 Å². The molecule has 1 fully saturated rings. The van der Waals surface area contributed by atoms with Crippen LogP contribution in [0.15, 0.2) is 36.4 Å². The van der Waals surface area contributed by atoms with E-state index in [-0.39, 0.29) is 24.5 Å². The van der Waals surface area contributed by atoms with Gasteiger partial charge < -0.3 is 24.5 Å². The number of rotatable bonds is 4. The van der Waals surface area contributed by atoms with Gasteiger partial charge in [-0.25, -0.2) is 4.98 Å². The van der Waals surface area contributed by atoms with Crippen LogP contribution in [0.1, 0.15) is 53.3 Å². The van der Waals surface area contributed by atoms with Gasteiger partial charge in [0.2, 0.25) is 0 Å². The Labute approximate surface area is 181 Å². The number of aryl methyl sites for hydroxylation is 1. The Hall–Kier alpha value is -3.06. The first-order valence-corrected chi connectivity index (χ1v) is 10.9. The quantitative estimate of drug-likeness (QED) is 0.675. The maximum Gasteiger partial charge on any atom is 0.251 e. The molecule has 7 heteroatoms. The lowest BCUT2D eigenvalue weighted by molar-refractivity contribution is 0.0923. The molecule has 162 valence electrons. The number of ether oxygens (including phenoxy) is 2. The van der Waals surface area contributed by atoms with E-state index in [4.69, 9.17) is 14.5 Å². The van der Waals surface area contributed by atoms with Crippen LogP contribution in [0.3, 0.4) is 0 Å². The first kappa shape index (κ1) is 19.9. The molecule has 0 bridgehead atoms. The maximum absolute atomic E-state index is 12.9. The molecule has 2 aliphatic rings. The number of aliphatic hydroxyl groups excluding tert-OH is 1. The Morgan fingerprint density at radius 2 is 2.00 bits per heavy atom. The number of fused-ring (bicyclic) bond motifs is 2. The van der Waals surface area contributed by atoms with Gasteiger partial charge >= 0.3 is 0 Å². The van der Waals surface area contributed by atoms with Crippen molar-refractivity contribution >= 4 is 16.9 Å². The highest BCUT2D eigenvalue weighted by Crippen LogP contribution is 2.35. The molecule has 2 heterocycles. The van der Waals surface area contributed by atoms with Crippen molar-refractivity contribution in [3.8, 4) is 11.5 Å². The molecule has 0 radical (unpaired) electrons. The largest absolute Gasteiger partial charge is 0.486 e. The van der Waals surface area contributed by atoms with Crippen molar-refractivity contribution in [3.63, 3.8) is 0 Å². The van der Waals surface area contributed by atoms with Crippen molar-refractivity contribution in [3.05, 3.63) is 53.3 Å². The molecule has 0 spiro atoms. The molecule has 2 atom stereocenters. The zero-order chi connectivity index (χ0) is 21.4. The highest BCUT2D eigenvalue weighted by molar-refractivity contribution is 5.95. The summed E-state index contributed by atoms with van der Waals surface area (Å²) in [5, 5.41) is 12.6. The van der Waals surface area contributed by atoms with Gasteiger partial charge in [-0.05, 0) is 55.2 Å². The molecule has 3 aromatic rings. The zero-order valence-corrected chi connectivity index (χ0v) is 17.6. The fraction of sp³-hybridized carbons (Fsp3) is 0.417. The molecule has 1 amide bonds. The van der Waals surface area contributed by atoms with Crippen molar-refractivity contribution in [2.45, 2.75) is 44.2 Å². The molecule has 2 aromatic carbocycles. The molecule has 2 N–H and O–H groups in total. The van der Waals surface area contributed by atoms with Crippen LogP contribution in [0, 0.1) is 0 Å². The molecular formula is C24H27N3O4. The maximum atomic E-state index is 12.9. The van der Waals surface area contributed by atoms with Crippen LogP contribution in [-0.4, -0.2) is 39.8 Å². The molecule has 5 rings (SSSR count). The van der Waals surface area contributed by atoms with Crippen molar-refractivity contribution in [1.82, 2.24) is 14.9 Å². The highest BCUT2D eigenvalue weighted by Gasteiger charge is 2.28. The summed E-state index contributed by atoms with van der Waals surface area (Å²) in [6.45, 7) is 1.05. The summed E-state index contributed by atoms with van der Waals surface area (Å²) in [4.78, 5) is 17.7. The average Bonchev–Trinajstić information content (AvgIpc) is 3.14. The van der Waals surface area contributed by atoms with Crippen LogP contribution in [-0.2, 0) is 13.7 Å². The van der Waals surface area contributed by atoms with Crippen molar-refractivity contribution in [1.29, 1.82) is 0 Å². The summed E-state index contributed by atoms with van der Waals surface area (Å²) < 4.78 is 13.3. The minimum atomic E-state index is -0.0831. The third-order valence-corrected chi connectivity index (χ3v) is 6.34. The molecule has 1 aliphatic carbocycles. The fourth-order valence-corrected chi connectivity index (χ4v) is 4.74. The number of nitrogens with one attached hydrogen (secondary N) is 1. The number of amides is 1. The second-order valence-electron chi connectivity index (χ2n) is 8.40. The summed E-state index contributed by atoms with van der Waals surface area (Å²) in [6.07, 6.45) is 3.92. The van der Waals surface area contributed by atoms with Crippen LogP contribution in [0.5, 0.6) is 11.5 Å². The summed E-state index contributed by atoms with van der Waals surface area (Å²) in [5.74, 6) is 2.56. The second kappa shape index (κ2) is 8.23. The summed E-state index contributed by atoms with van der Waals surface area (Å²) in [5.41, 5.74) is 3.43. The van der Waals surface area contributed by atoms with Crippen molar-refractivity contribution in [2.75, 3.05) is 13.2 Å².